The molecule has 1 saturated heterocycles. The van der Waals surface area contributed by atoms with Crippen LogP contribution in [-0.4, -0.2) is 42.1 Å². The molecule has 1 aromatic rings. The van der Waals surface area contributed by atoms with Gasteiger partial charge in [0.15, 0.2) is 0 Å². The number of ether oxygens (including phenoxy) is 1. The van der Waals surface area contributed by atoms with Crippen LogP contribution in [-0.2, 0) is 11.3 Å². The van der Waals surface area contributed by atoms with Gasteiger partial charge < -0.3 is 15.4 Å². The van der Waals surface area contributed by atoms with Crippen LogP contribution in [0.25, 0.3) is 0 Å². The molecular formula is C11H18N4O2. The minimum atomic E-state index is -0.105. The predicted molar refractivity (Wildman–Crippen MR) is 65.2 cm³/mol. The van der Waals surface area contributed by atoms with Crippen molar-refractivity contribution in [1.29, 1.82) is 0 Å². The molecule has 0 spiro atoms. The van der Waals surface area contributed by atoms with E-state index in [0.29, 0.717) is 19.8 Å². The van der Waals surface area contributed by atoms with Crippen LogP contribution in [0.1, 0.15) is 6.92 Å². The lowest BCUT2D eigenvalue weighted by atomic mass is 10.3. The van der Waals surface area contributed by atoms with Gasteiger partial charge >= 0.3 is 0 Å². The minimum Gasteiger partial charge on any atom is -0.378 e. The molecule has 0 aliphatic carbocycles. The summed E-state index contributed by atoms with van der Waals surface area (Å²) in [6.07, 6.45) is 1.72. The number of hydrogen-bond donors (Lipinski definition) is 1. The number of rotatable bonds is 3. The second kappa shape index (κ2) is 5.29. The highest BCUT2D eigenvalue weighted by atomic mass is 16.5. The van der Waals surface area contributed by atoms with Crippen molar-refractivity contribution >= 4 is 5.69 Å². The molecule has 2 heterocycles. The zero-order valence-electron chi connectivity index (χ0n) is 10.0. The summed E-state index contributed by atoms with van der Waals surface area (Å²) in [5.41, 5.74) is 6.40. The van der Waals surface area contributed by atoms with E-state index in [0.717, 1.165) is 18.8 Å². The quantitative estimate of drug-likeness (QED) is 0.763. The topological polar surface area (TPSA) is 73.4 Å². The van der Waals surface area contributed by atoms with Crippen molar-refractivity contribution in [3.63, 3.8) is 0 Å². The minimum absolute atomic E-state index is 0.0746. The molecule has 6 heteroatoms. The molecule has 0 unspecified atom stereocenters. The normalized spacial score (nSPS) is 18.1. The summed E-state index contributed by atoms with van der Waals surface area (Å²) in [7, 11) is 0. The molecule has 1 aromatic heterocycles. The standard InChI is InChI=1S/C11H18N4O2/c1-9(12)8-15-11(16)6-10(7-13-15)14-2-4-17-5-3-14/h6-7,9H,2-5,8,12H2,1H3/t9-/m1/s1. The van der Waals surface area contributed by atoms with Gasteiger partial charge in [-0.3, -0.25) is 4.79 Å². The van der Waals surface area contributed by atoms with E-state index in [1.807, 2.05) is 6.92 Å². The largest absolute Gasteiger partial charge is 0.378 e. The van der Waals surface area contributed by atoms with Crippen LogP contribution in [0.4, 0.5) is 5.69 Å². The first-order valence-corrected chi connectivity index (χ1v) is 5.82. The van der Waals surface area contributed by atoms with Gasteiger partial charge in [-0.2, -0.15) is 5.10 Å². The molecule has 1 aliphatic heterocycles. The lowest BCUT2D eigenvalue weighted by molar-refractivity contribution is 0.122. The SMILES string of the molecule is C[C@@H](N)Cn1ncc(N2CCOCC2)cc1=O. The Hall–Kier alpha value is -1.40. The molecule has 0 saturated carbocycles. The van der Waals surface area contributed by atoms with E-state index in [-0.39, 0.29) is 11.6 Å². The maximum Gasteiger partial charge on any atom is 0.268 e. The van der Waals surface area contributed by atoms with Gasteiger partial charge in [0, 0.05) is 25.2 Å². The summed E-state index contributed by atoms with van der Waals surface area (Å²) in [5.74, 6) is 0. The van der Waals surface area contributed by atoms with Crippen LogP contribution < -0.4 is 16.2 Å². The fourth-order valence-corrected chi connectivity index (χ4v) is 1.83. The Balaban J connectivity index is 2.15. The van der Waals surface area contributed by atoms with Gasteiger partial charge in [-0.15, -0.1) is 0 Å². The first kappa shape index (κ1) is 12.1. The number of aromatic nitrogens is 2. The van der Waals surface area contributed by atoms with Crippen LogP contribution in [0.5, 0.6) is 0 Å². The van der Waals surface area contributed by atoms with Crippen molar-refractivity contribution < 1.29 is 4.74 Å². The summed E-state index contributed by atoms with van der Waals surface area (Å²) in [5, 5.41) is 4.14. The molecule has 6 nitrogen and oxygen atoms in total. The summed E-state index contributed by atoms with van der Waals surface area (Å²) >= 11 is 0. The van der Waals surface area contributed by atoms with Gasteiger partial charge in [0.05, 0.1) is 31.6 Å². The number of nitrogens with two attached hydrogens (primary N) is 1. The molecule has 2 N–H and O–H groups in total. The lowest BCUT2D eigenvalue weighted by Gasteiger charge is -2.28. The van der Waals surface area contributed by atoms with Crippen LogP contribution in [0.2, 0.25) is 0 Å². The molecular weight excluding hydrogens is 220 g/mol. The van der Waals surface area contributed by atoms with Gasteiger partial charge in [0.2, 0.25) is 0 Å². The van der Waals surface area contributed by atoms with Crippen molar-refractivity contribution in [3.8, 4) is 0 Å². The van der Waals surface area contributed by atoms with Gasteiger partial charge in [-0.1, -0.05) is 0 Å². The smallest absolute Gasteiger partial charge is 0.268 e. The lowest BCUT2D eigenvalue weighted by Crippen LogP contribution is -2.38. The van der Waals surface area contributed by atoms with Crippen molar-refractivity contribution in [1.82, 2.24) is 9.78 Å². The van der Waals surface area contributed by atoms with E-state index in [2.05, 4.69) is 10.00 Å². The average molecular weight is 238 g/mol. The number of morpholine rings is 1. The van der Waals surface area contributed by atoms with Gasteiger partial charge in [-0.05, 0) is 6.92 Å². The van der Waals surface area contributed by atoms with E-state index in [1.54, 1.807) is 12.3 Å². The average Bonchev–Trinajstić information content (AvgIpc) is 2.32. The van der Waals surface area contributed by atoms with E-state index in [4.69, 9.17) is 10.5 Å². The highest BCUT2D eigenvalue weighted by Gasteiger charge is 2.12. The van der Waals surface area contributed by atoms with E-state index >= 15 is 0 Å². The van der Waals surface area contributed by atoms with Crippen molar-refractivity contribution in [3.05, 3.63) is 22.6 Å². The van der Waals surface area contributed by atoms with Gasteiger partial charge in [0.1, 0.15) is 0 Å². The molecule has 94 valence electrons. The Kier molecular flexibility index (Phi) is 3.75. The fraction of sp³-hybridized carbons (Fsp3) is 0.636. The van der Waals surface area contributed by atoms with E-state index in [1.165, 1.54) is 4.68 Å². The Bertz CT molecular complexity index is 424. The zero-order valence-corrected chi connectivity index (χ0v) is 10.0. The summed E-state index contributed by atoms with van der Waals surface area (Å²) < 4.78 is 6.66. The van der Waals surface area contributed by atoms with E-state index in [9.17, 15) is 4.79 Å². The molecule has 1 aliphatic rings. The number of nitrogens with zero attached hydrogens (tertiary/aromatic N) is 3. The number of anilines is 1. The zero-order chi connectivity index (χ0) is 12.3. The third-order valence-corrected chi connectivity index (χ3v) is 2.69. The highest BCUT2D eigenvalue weighted by molar-refractivity contribution is 5.43. The third kappa shape index (κ3) is 3.04. The molecule has 1 atom stereocenters. The monoisotopic (exact) mass is 238 g/mol. The van der Waals surface area contributed by atoms with Crippen molar-refractivity contribution in [2.45, 2.75) is 19.5 Å². The summed E-state index contributed by atoms with van der Waals surface area (Å²) in [6, 6.07) is 1.54. The van der Waals surface area contributed by atoms with Crippen molar-refractivity contribution in [2.75, 3.05) is 31.2 Å². The molecule has 0 radical (unpaired) electrons. The summed E-state index contributed by atoms with van der Waals surface area (Å²) in [4.78, 5) is 13.9. The van der Waals surface area contributed by atoms with Crippen LogP contribution >= 0.6 is 0 Å². The predicted octanol–water partition coefficient (Wildman–Crippen LogP) is -0.573. The molecule has 0 aromatic carbocycles. The van der Waals surface area contributed by atoms with Crippen LogP contribution in [0.15, 0.2) is 17.1 Å². The molecule has 0 bridgehead atoms. The Morgan fingerprint density at radius 3 is 2.82 bits per heavy atom. The second-order valence-electron chi connectivity index (χ2n) is 4.31. The number of hydrogen-bond acceptors (Lipinski definition) is 5. The fourth-order valence-electron chi connectivity index (χ4n) is 1.83. The Morgan fingerprint density at radius 2 is 2.24 bits per heavy atom. The molecule has 1 fully saturated rings. The Labute approximate surface area is 100.0 Å². The maximum absolute atomic E-state index is 11.8. The van der Waals surface area contributed by atoms with Crippen molar-refractivity contribution in [2.24, 2.45) is 5.73 Å². The van der Waals surface area contributed by atoms with Gasteiger partial charge in [-0.25, -0.2) is 4.68 Å². The maximum atomic E-state index is 11.8. The van der Waals surface area contributed by atoms with E-state index < -0.39 is 0 Å². The molecule has 0 amide bonds. The third-order valence-electron chi connectivity index (χ3n) is 2.69. The highest BCUT2D eigenvalue weighted by Crippen LogP contribution is 2.11. The first-order valence-electron chi connectivity index (χ1n) is 5.82. The Morgan fingerprint density at radius 1 is 1.53 bits per heavy atom. The second-order valence-corrected chi connectivity index (χ2v) is 4.31. The molecule has 2 rings (SSSR count). The summed E-state index contributed by atoms with van der Waals surface area (Å²) in [6.45, 7) is 5.30. The first-order chi connectivity index (χ1) is 8.16. The van der Waals surface area contributed by atoms with Crippen LogP contribution in [0, 0.1) is 0 Å². The molecule has 17 heavy (non-hydrogen) atoms. The van der Waals surface area contributed by atoms with Crippen LogP contribution in [0.3, 0.4) is 0 Å². The van der Waals surface area contributed by atoms with Gasteiger partial charge in [0.25, 0.3) is 5.56 Å².